The predicted octanol–water partition coefficient (Wildman–Crippen LogP) is 2.06. The maximum atomic E-state index is 4.20. The lowest BCUT2D eigenvalue weighted by Gasteiger charge is -2.04. The SMILES string of the molecule is CC(C)c1cc(-c2ncccn2)ncn1. The van der Waals surface area contributed by atoms with Crippen molar-refractivity contribution in [3.63, 3.8) is 0 Å². The van der Waals surface area contributed by atoms with Gasteiger partial charge in [0.05, 0.1) is 0 Å². The Labute approximate surface area is 88.5 Å². The lowest BCUT2D eigenvalue weighted by molar-refractivity contribution is 0.814. The predicted molar refractivity (Wildman–Crippen MR) is 57.1 cm³/mol. The van der Waals surface area contributed by atoms with Crippen LogP contribution < -0.4 is 0 Å². The van der Waals surface area contributed by atoms with Crippen LogP contribution in [-0.4, -0.2) is 19.9 Å². The van der Waals surface area contributed by atoms with Gasteiger partial charge in [0.15, 0.2) is 5.82 Å². The number of nitrogens with zero attached hydrogens (tertiary/aromatic N) is 4. The fourth-order valence-corrected chi connectivity index (χ4v) is 1.24. The van der Waals surface area contributed by atoms with E-state index in [0.29, 0.717) is 11.7 Å². The van der Waals surface area contributed by atoms with Gasteiger partial charge in [-0.15, -0.1) is 0 Å². The minimum Gasteiger partial charge on any atom is -0.241 e. The Hall–Kier alpha value is -1.84. The lowest BCUT2D eigenvalue weighted by Crippen LogP contribution is -1.97. The van der Waals surface area contributed by atoms with Crippen molar-refractivity contribution in [3.8, 4) is 11.5 Å². The number of hydrogen-bond acceptors (Lipinski definition) is 4. The Morgan fingerprint density at radius 3 is 2.40 bits per heavy atom. The second-order valence-electron chi connectivity index (χ2n) is 3.56. The Morgan fingerprint density at radius 1 is 1.00 bits per heavy atom. The summed E-state index contributed by atoms with van der Waals surface area (Å²) in [5.74, 6) is 1.03. The summed E-state index contributed by atoms with van der Waals surface area (Å²) in [6.45, 7) is 4.19. The minimum atomic E-state index is 0.385. The first-order valence-electron chi connectivity index (χ1n) is 4.86. The van der Waals surface area contributed by atoms with Gasteiger partial charge in [0.2, 0.25) is 0 Å². The van der Waals surface area contributed by atoms with Crippen LogP contribution in [0.15, 0.2) is 30.9 Å². The molecule has 0 N–H and O–H groups in total. The number of hydrogen-bond donors (Lipinski definition) is 0. The van der Waals surface area contributed by atoms with Crippen LogP contribution in [0.1, 0.15) is 25.5 Å². The molecular formula is C11H12N4. The van der Waals surface area contributed by atoms with Crippen LogP contribution in [-0.2, 0) is 0 Å². The monoisotopic (exact) mass is 200 g/mol. The molecule has 2 rings (SSSR count). The first-order valence-corrected chi connectivity index (χ1v) is 4.86. The average Bonchev–Trinajstić information content (AvgIpc) is 2.30. The summed E-state index contributed by atoms with van der Waals surface area (Å²) >= 11 is 0. The summed E-state index contributed by atoms with van der Waals surface area (Å²) in [7, 11) is 0. The van der Waals surface area contributed by atoms with E-state index in [1.807, 2.05) is 6.07 Å². The van der Waals surface area contributed by atoms with Crippen LogP contribution in [0.4, 0.5) is 0 Å². The smallest absolute Gasteiger partial charge is 0.178 e. The van der Waals surface area contributed by atoms with Crippen LogP contribution >= 0.6 is 0 Å². The van der Waals surface area contributed by atoms with E-state index in [1.54, 1.807) is 24.8 Å². The molecule has 0 aliphatic heterocycles. The van der Waals surface area contributed by atoms with Crippen molar-refractivity contribution in [2.75, 3.05) is 0 Å². The Kier molecular flexibility index (Phi) is 2.67. The largest absolute Gasteiger partial charge is 0.241 e. The molecule has 0 amide bonds. The molecule has 4 heteroatoms. The molecule has 4 nitrogen and oxygen atoms in total. The van der Waals surface area contributed by atoms with Crippen molar-refractivity contribution in [1.29, 1.82) is 0 Å². The maximum Gasteiger partial charge on any atom is 0.178 e. The second kappa shape index (κ2) is 4.13. The molecule has 2 heterocycles. The summed E-state index contributed by atoms with van der Waals surface area (Å²) in [4.78, 5) is 16.6. The first-order chi connectivity index (χ1) is 7.27. The fraction of sp³-hybridized carbons (Fsp3) is 0.273. The zero-order valence-electron chi connectivity index (χ0n) is 8.75. The molecule has 0 spiro atoms. The van der Waals surface area contributed by atoms with Crippen molar-refractivity contribution in [2.45, 2.75) is 19.8 Å². The molecule has 0 atom stereocenters. The molecule has 0 unspecified atom stereocenters. The summed E-state index contributed by atoms with van der Waals surface area (Å²) in [6.07, 6.45) is 4.97. The van der Waals surface area contributed by atoms with Gasteiger partial charge in [-0.2, -0.15) is 0 Å². The zero-order valence-corrected chi connectivity index (χ0v) is 8.75. The highest BCUT2D eigenvalue weighted by Gasteiger charge is 2.05. The normalized spacial score (nSPS) is 10.6. The van der Waals surface area contributed by atoms with E-state index in [9.17, 15) is 0 Å². The van der Waals surface area contributed by atoms with Gasteiger partial charge < -0.3 is 0 Å². The van der Waals surface area contributed by atoms with E-state index in [4.69, 9.17) is 0 Å². The fourth-order valence-electron chi connectivity index (χ4n) is 1.24. The standard InChI is InChI=1S/C11H12N4/c1-8(2)9-6-10(15-7-14-9)11-12-4-3-5-13-11/h3-8H,1-2H3. The molecule has 0 aromatic carbocycles. The van der Waals surface area contributed by atoms with E-state index in [0.717, 1.165) is 11.4 Å². The van der Waals surface area contributed by atoms with Gasteiger partial charge in [-0.1, -0.05) is 13.8 Å². The topological polar surface area (TPSA) is 51.6 Å². The Balaban J connectivity index is 2.42. The van der Waals surface area contributed by atoms with Gasteiger partial charge in [-0.3, -0.25) is 0 Å². The summed E-state index contributed by atoms with van der Waals surface area (Å²) in [5, 5.41) is 0. The van der Waals surface area contributed by atoms with Crippen LogP contribution in [0.5, 0.6) is 0 Å². The van der Waals surface area contributed by atoms with Crippen LogP contribution in [0.3, 0.4) is 0 Å². The molecule has 2 aromatic heterocycles. The van der Waals surface area contributed by atoms with Gasteiger partial charge in [-0.05, 0) is 18.1 Å². The quantitative estimate of drug-likeness (QED) is 0.744. The van der Waals surface area contributed by atoms with Gasteiger partial charge in [0.1, 0.15) is 12.0 Å². The Bertz CT molecular complexity index is 439. The van der Waals surface area contributed by atoms with Crippen molar-refractivity contribution < 1.29 is 0 Å². The maximum absolute atomic E-state index is 4.20. The van der Waals surface area contributed by atoms with Crippen LogP contribution in [0, 0.1) is 0 Å². The molecule has 0 fully saturated rings. The molecule has 0 aliphatic carbocycles. The molecule has 2 aromatic rings. The van der Waals surface area contributed by atoms with E-state index >= 15 is 0 Å². The highest BCUT2D eigenvalue weighted by molar-refractivity contribution is 5.48. The van der Waals surface area contributed by atoms with Gasteiger partial charge in [-0.25, -0.2) is 19.9 Å². The molecule has 76 valence electrons. The van der Waals surface area contributed by atoms with Crippen molar-refractivity contribution in [2.24, 2.45) is 0 Å². The molecule has 0 saturated heterocycles. The molecule has 0 radical (unpaired) electrons. The zero-order chi connectivity index (χ0) is 10.7. The molecular weight excluding hydrogens is 188 g/mol. The van der Waals surface area contributed by atoms with E-state index in [2.05, 4.69) is 33.8 Å². The molecule has 0 bridgehead atoms. The van der Waals surface area contributed by atoms with E-state index < -0.39 is 0 Å². The Morgan fingerprint density at radius 2 is 1.73 bits per heavy atom. The van der Waals surface area contributed by atoms with Gasteiger partial charge in [0.25, 0.3) is 0 Å². The van der Waals surface area contributed by atoms with E-state index in [1.165, 1.54) is 0 Å². The summed E-state index contributed by atoms with van der Waals surface area (Å²) in [5.41, 5.74) is 1.78. The van der Waals surface area contributed by atoms with Crippen LogP contribution in [0.25, 0.3) is 11.5 Å². The number of rotatable bonds is 2. The number of aromatic nitrogens is 4. The highest BCUT2D eigenvalue weighted by atomic mass is 14.9. The van der Waals surface area contributed by atoms with Crippen molar-refractivity contribution in [3.05, 3.63) is 36.5 Å². The molecule has 0 saturated carbocycles. The van der Waals surface area contributed by atoms with Gasteiger partial charge in [0, 0.05) is 18.1 Å². The first kappa shape index (κ1) is 9.71. The third-order valence-electron chi connectivity index (χ3n) is 2.07. The average molecular weight is 200 g/mol. The third kappa shape index (κ3) is 2.15. The van der Waals surface area contributed by atoms with Gasteiger partial charge >= 0.3 is 0 Å². The summed E-state index contributed by atoms with van der Waals surface area (Å²) in [6, 6.07) is 3.72. The lowest BCUT2D eigenvalue weighted by atomic mass is 10.1. The highest BCUT2D eigenvalue weighted by Crippen LogP contribution is 2.16. The molecule has 15 heavy (non-hydrogen) atoms. The van der Waals surface area contributed by atoms with Crippen molar-refractivity contribution >= 4 is 0 Å². The van der Waals surface area contributed by atoms with E-state index in [-0.39, 0.29) is 0 Å². The second-order valence-corrected chi connectivity index (χ2v) is 3.56. The van der Waals surface area contributed by atoms with Crippen molar-refractivity contribution in [1.82, 2.24) is 19.9 Å². The molecule has 0 aliphatic rings. The third-order valence-corrected chi connectivity index (χ3v) is 2.07. The van der Waals surface area contributed by atoms with Crippen LogP contribution in [0.2, 0.25) is 0 Å². The minimum absolute atomic E-state index is 0.385. The summed E-state index contributed by atoms with van der Waals surface area (Å²) < 4.78 is 0.